The second-order valence-corrected chi connectivity index (χ2v) is 4.50. The molecule has 1 fully saturated rings. The summed E-state index contributed by atoms with van der Waals surface area (Å²) in [5.41, 5.74) is 7.75. The molecule has 0 aromatic heterocycles. The van der Waals surface area contributed by atoms with Crippen molar-refractivity contribution >= 4 is 24.8 Å². The standard InChI is InChI=1S/C13H20N2.2ClH/c1-15-13(9-5-6-10-13)12(14)11-7-3-2-4-8-11;;/h2-4,7-8,12,15H,5-6,9-10,14H2,1H3;2*1H. The van der Waals surface area contributed by atoms with Gasteiger partial charge in [-0.15, -0.1) is 24.8 Å². The largest absolute Gasteiger partial charge is 0.322 e. The SMILES string of the molecule is CNC1(C(N)c2ccccc2)CCCC1.Cl.Cl. The van der Waals surface area contributed by atoms with Crippen LogP contribution in [0.15, 0.2) is 30.3 Å². The Morgan fingerprint density at radius 1 is 1.12 bits per heavy atom. The highest BCUT2D eigenvalue weighted by molar-refractivity contribution is 5.85. The molecule has 1 aromatic rings. The zero-order valence-electron chi connectivity index (χ0n) is 10.2. The number of likely N-dealkylation sites (N-methyl/N-ethyl adjacent to an activating group) is 1. The van der Waals surface area contributed by atoms with E-state index in [2.05, 4.69) is 29.6 Å². The molecule has 4 heteroatoms. The van der Waals surface area contributed by atoms with Gasteiger partial charge in [0.25, 0.3) is 0 Å². The molecule has 0 spiro atoms. The van der Waals surface area contributed by atoms with Crippen molar-refractivity contribution in [2.45, 2.75) is 37.3 Å². The quantitative estimate of drug-likeness (QED) is 0.891. The lowest BCUT2D eigenvalue weighted by Gasteiger charge is -2.35. The Morgan fingerprint density at radius 2 is 1.65 bits per heavy atom. The van der Waals surface area contributed by atoms with Gasteiger partial charge in [0.1, 0.15) is 0 Å². The van der Waals surface area contributed by atoms with Crippen LogP contribution in [-0.2, 0) is 0 Å². The first-order valence-electron chi connectivity index (χ1n) is 5.78. The third-order valence-corrected chi connectivity index (χ3v) is 3.75. The van der Waals surface area contributed by atoms with E-state index in [0.29, 0.717) is 0 Å². The Morgan fingerprint density at radius 3 is 2.12 bits per heavy atom. The molecular formula is C13H22Cl2N2. The number of nitrogens with two attached hydrogens (primary N) is 1. The van der Waals surface area contributed by atoms with Crippen molar-refractivity contribution in [3.8, 4) is 0 Å². The average molecular weight is 277 g/mol. The van der Waals surface area contributed by atoms with E-state index in [1.165, 1.54) is 31.2 Å². The van der Waals surface area contributed by atoms with Crippen molar-refractivity contribution in [2.75, 3.05) is 7.05 Å². The predicted octanol–water partition coefficient (Wildman–Crippen LogP) is 3.06. The van der Waals surface area contributed by atoms with E-state index in [0.717, 1.165) is 0 Å². The second kappa shape index (κ2) is 7.22. The first-order chi connectivity index (χ1) is 7.28. The van der Waals surface area contributed by atoms with Gasteiger partial charge in [0.15, 0.2) is 0 Å². The maximum absolute atomic E-state index is 6.38. The molecule has 1 aromatic carbocycles. The van der Waals surface area contributed by atoms with Gasteiger partial charge < -0.3 is 11.1 Å². The minimum atomic E-state index is 0. The minimum Gasteiger partial charge on any atom is -0.322 e. The van der Waals surface area contributed by atoms with E-state index < -0.39 is 0 Å². The molecule has 1 unspecified atom stereocenters. The molecule has 2 rings (SSSR count). The summed E-state index contributed by atoms with van der Waals surface area (Å²) in [5, 5.41) is 3.45. The van der Waals surface area contributed by atoms with Crippen molar-refractivity contribution in [3.63, 3.8) is 0 Å². The highest BCUT2D eigenvalue weighted by atomic mass is 35.5. The third-order valence-electron chi connectivity index (χ3n) is 3.75. The molecule has 0 radical (unpaired) electrons. The van der Waals surface area contributed by atoms with Gasteiger partial charge in [0, 0.05) is 11.6 Å². The molecule has 2 nitrogen and oxygen atoms in total. The van der Waals surface area contributed by atoms with Crippen LogP contribution in [0.3, 0.4) is 0 Å². The fourth-order valence-electron chi connectivity index (χ4n) is 2.70. The van der Waals surface area contributed by atoms with Crippen LogP contribution < -0.4 is 11.1 Å². The Hall–Kier alpha value is -0.280. The molecule has 3 N–H and O–H groups in total. The molecule has 1 aliphatic carbocycles. The molecule has 0 amide bonds. The molecule has 1 aliphatic rings. The molecule has 0 aliphatic heterocycles. The summed E-state index contributed by atoms with van der Waals surface area (Å²) < 4.78 is 0. The summed E-state index contributed by atoms with van der Waals surface area (Å²) in [5.74, 6) is 0. The first kappa shape index (κ1) is 16.7. The van der Waals surface area contributed by atoms with Gasteiger partial charge in [-0.1, -0.05) is 43.2 Å². The lowest BCUT2D eigenvalue weighted by atomic mass is 9.84. The molecule has 17 heavy (non-hydrogen) atoms. The fraction of sp³-hybridized carbons (Fsp3) is 0.538. The summed E-state index contributed by atoms with van der Waals surface area (Å²) in [6.45, 7) is 0. The lowest BCUT2D eigenvalue weighted by molar-refractivity contribution is 0.294. The predicted molar refractivity (Wildman–Crippen MR) is 78.1 cm³/mol. The highest BCUT2D eigenvalue weighted by Crippen LogP contribution is 2.38. The van der Waals surface area contributed by atoms with Gasteiger partial charge in [0.2, 0.25) is 0 Å². The number of rotatable bonds is 3. The van der Waals surface area contributed by atoms with Crippen LogP contribution in [0.5, 0.6) is 0 Å². The molecule has 0 heterocycles. The van der Waals surface area contributed by atoms with Crippen LogP contribution >= 0.6 is 24.8 Å². The zero-order chi connectivity index (χ0) is 10.7. The topological polar surface area (TPSA) is 38.0 Å². The van der Waals surface area contributed by atoms with E-state index in [1.54, 1.807) is 0 Å². The van der Waals surface area contributed by atoms with Gasteiger partial charge in [-0.05, 0) is 25.5 Å². The smallest absolute Gasteiger partial charge is 0.0479 e. The van der Waals surface area contributed by atoms with Gasteiger partial charge in [-0.2, -0.15) is 0 Å². The number of hydrogen-bond acceptors (Lipinski definition) is 2. The van der Waals surface area contributed by atoms with E-state index in [-0.39, 0.29) is 36.4 Å². The number of benzene rings is 1. The van der Waals surface area contributed by atoms with Crippen LogP contribution in [0.2, 0.25) is 0 Å². The second-order valence-electron chi connectivity index (χ2n) is 4.50. The minimum absolute atomic E-state index is 0. The summed E-state index contributed by atoms with van der Waals surface area (Å²) in [6, 6.07) is 10.5. The van der Waals surface area contributed by atoms with Crippen LogP contribution in [0.4, 0.5) is 0 Å². The Labute approximate surface area is 116 Å². The molecule has 1 atom stereocenters. The summed E-state index contributed by atoms with van der Waals surface area (Å²) >= 11 is 0. The van der Waals surface area contributed by atoms with Crippen LogP contribution in [0.1, 0.15) is 37.3 Å². The van der Waals surface area contributed by atoms with Crippen molar-refractivity contribution in [1.82, 2.24) is 5.32 Å². The molecule has 1 saturated carbocycles. The summed E-state index contributed by atoms with van der Waals surface area (Å²) in [4.78, 5) is 0. The van der Waals surface area contributed by atoms with Gasteiger partial charge in [-0.25, -0.2) is 0 Å². The van der Waals surface area contributed by atoms with Gasteiger partial charge >= 0.3 is 0 Å². The molecule has 98 valence electrons. The molecule has 0 saturated heterocycles. The highest BCUT2D eigenvalue weighted by Gasteiger charge is 2.38. The maximum atomic E-state index is 6.38. The Balaban J connectivity index is 0.00000128. The first-order valence-corrected chi connectivity index (χ1v) is 5.78. The van der Waals surface area contributed by atoms with E-state index in [4.69, 9.17) is 5.73 Å². The zero-order valence-corrected chi connectivity index (χ0v) is 11.8. The van der Waals surface area contributed by atoms with Crippen molar-refractivity contribution in [1.29, 1.82) is 0 Å². The molecular weight excluding hydrogens is 255 g/mol. The maximum Gasteiger partial charge on any atom is 0.0479 e. The fourth-order valence-corrected chi connectivity index (χ4v) is 2.70. The van der Waals surface area contributed by atoms with Crippen LogP contribution in [0.25, 0.3) is 0 Å². The van der Waals surface area contributed by atoms with E-state index in [9.17, 15) is 0 Å². The van der Waals surface area contributed by atoms with Crippen LogP contribution in [0, 0.1) is 0 Å². The summed E-state index contributed by atoms with van der Waals surface area (Å²) in [7, 11) is 2.04. The van der Waals surface area contributed by atoms with Crippen molar-refractivity contribution < 1.29 is 0 Å². The van der Waals surface area contributed by atoms with Gasteiger partial charge in [0.05, 0.1) is 0 Å². The van der Waals surface area contributed by atoms with Gasteiger partial charge in [-0.3, -0.25) is 0 Å². The Kier molecular flexibility index (Phi) is 7.10. The van der Waals surface area contributed by atoms with E-state index >= 15 is 0 Å². The average Bonchev–Trinajstić information content (AvgIpc) is 2.79. The third kappa shape index (κ3) is 3.35. The lowest BCUT2D eigenvalue weighted by Crippen LogP contribution is -2.49. The number of halogens is 2. The monoisotopic (exact) mass is 276 g/mol. The van der Waals surface area contributed by atoms with Crippen molar-refractivity contribution in [3.05, 3.63) is 35.9 Å². The number of nitrogens with one attached hydrogen (secondary N) is 1. The number of hydrogen-bond donors (Lipinski definition) is 2. The Bertz CT molecular complexity index is 310. The van der Waals surface area contributed by atoms with Crippen molar-refractivity contribution in [2.24, 2.45) is 5.73 Å². The summed E-state index contributed by atoms with van der Waals surface area (Å²) in [6.07, 6.45) is 4.97. The normalized spacial score (nSPS) is 18.9. The van der Waals surface area contributed by atoms with Crippen LogP contribution in [-0.4, -0.2) is 12.6 Å². The van der Waals surface area contributed by atoms with E-state index in [1.807, 2.05) is 13.1 Å². The molecule has 0 bridgehead atoms.